The molecule has 10 nitrogen and oxygen atoms in total. The van der Waals surface area contributed by atoms with Crippen LogP contribution in [-0.2, 0) is 7.05 Å². The molecule has 2 heterocycles. The molecular formula is C28H24FN7O3. The van der Waals surface area contributed by atoms with Crippen molar-refractivity contribution in [3.63, 3.8) is 0 Å². The largest absolute Gasteiger partial charge is 0.507 e. The smallest absolute Gasteiger partial charge is 0.284 e. The molecule has 11 heteroatoms. The highest BCUT2D eigenvalue weighted by molar-refractivity contribution is 6.05. The van der Waals surface area contributed by atoms with E-state index in [2.05, 4.69) is 20.6 Å². The van der Waals surface area contributed by atoms with E-state index in [0.717, 1.165) is 6.07 Å². The lowest BCUT2D eigenvalue weighted by atomic mass is 10.1. The van der Waals surface area contributed by atoms with Crippen LogP contribution in [0.25, 0.3) is 16.9 Å². The van der Waals surface area contributed by atoms with E-state index in [0.29, 0.717) is 28.3 Å². The maximum atomic E-state index is 15.0. The van der Waals surface area contributed by atoms with Crippen molar-refractivity contribution in [1.82, 2.24) is 19.3 Å². The van der Waals surface area contributed by atoms with Gasteiger partial charge in [-0.2, -0.15) is 0 Å². The number of hydrogen-bond acceptors (Lipinski definition) is 7. The Morgan fingerprint density at radius 3 is 2.49 bits per heavy atom. The topological polar surface area (TPSA) is 140 Å². The van der Waals surface area contributed by atoms with E-state index in [1.807, 2.05) is 6.07 Å². The molecule has 1 amide bonds. The van der Waals surface area contributed by atoms with Crippen molar-refractivity contribution >= 4 is 28.9 Å². The normalized spacial score (nSPS) is 10.8. The van der Waals surface area contributed by atoms with Crippen LogP contribution in [0.2, 0.25) is 0 Å². The summed E-state index contributed by atoms with van der Waals surface area (Å²) in [7, 11) is 1.69. The summed E-state index contributed by atoms with van der Waals surface area (Å²) < 4.78 is 18.0. The Hall–Kier alpha value is -5.45. The van der Waals surface area contributed by atoms with Crippen molar-refractivity contribution in [2.24, 2.45) is 7.05 Å². The molecule has 5 N–H and O–H groups in total. The number of nitrogen functional groups attached to an aromatic ring is 1. The number of aromatic nitrogens is 4. The van der Waals surface area contributed by atoms with Crippen molar-refractivity contribution in [2.75, 3.05) is 16.4 Å². The average Bonchev–Trinajstić information content (AvgIpc) is 3.14. The molecule has 0 radical (unpaired) electrons. The van der Waals surface area contributed by atoms with Gasteiger partial charge in [0.1, 0.15) is 17.1 Å². The second-order valence-corrected chi connectivity index (χ2v) is 8.74. The third-order valence-electron chi connectivity index (χ3n) is 6.23. The van der Waals surface area contributed by atoms with Gasteiger partial charge in [-0.1, -0.05) is 18.2 Å². The molecule has 5 aromatic rings. The summed E-state index contributed by atoms with van der Waals surface area (Å²) >= 11 is 0. The Morgan fingerprint density at radius 1 is 1.03 bits per heavy atom. The van der Waals surface area contributed by atoms with E-state index in [9.17, 15) is 14.7 Å². The van der Waals surface area contributed by atoms with Gasteiger partial charge in [0, 0.05) is 30.2 Å². The number of aromatic hydroxyl groups is 1. The first-order valence-electron chi connectivity index (χ1n) is 11.9. The molecule has 0 aliphatic rings. The van der Waals surface area contributed by atoms with Crippen LogP contribution in [0.1, 0.15) is 16.1 Å². The van der Waals surface area contributed by atoms with Crippen LogP contribution in [-0.4, -0.2) is 30.3 Å². The third-order valence-corrected chi connectivity index (χ3v) is 6.23. The fourth-order valence-corrected chi connectivity index (χ4v) is 4.22. The van der Waals surface area contributed by atoms with Gasteiger partial charge in [0.05, 0.1) is 22.8 Å². The Balaban J connectivity index is 1.37. The number of hydrogen-bond donors (Lipinski definition) is 4. The number of carbonyl (C=O) groups excluding carboxylic acids is 1. The van der Waals surface area contributed by atoms with E-state index >= 15 is 4.39 Å². The number of nitrogens with one attached hydrogen (secondary N) is 2. The van der Waals surface area contributed by atoms with Gasteiger partial charge in [-0.3, -0.25) is 14.3 Å². The van der Waals surface area contributed by atoms with Gasteiger partial charge in [0.2, 0.25) is 5.95 Å². The first kappa shape index (κ1) is 25.2. The van der Waals surface area contributed by atoms with Crippen LogP contribution < -0.4 is 21.9 Å². The Labute approximate surface area is 222 Å². The van der Waals surface area contributed by atoms with Crippen LogP contribution >= 0.6 is 0 Å². The number of phenols is 1. The van der Waals surface area contributed by atoms with E-state index in [-0.39, 0.29) is 28.6 Å². The highest BCUT2D eigenvalue weighted by Gasteiger charge is 2.22. The predicted octanol–water partition coefficient (Wildman–Crippen LogP) is 4.36. The number of halogens is 1. The van der Waals surface area contributed by atoms with Crippen LogP contribution in [0.4, 0.5) is 27.4 Å². The molecular weight excluding hydrogens is 501 g/mol. The zero-order valence-electron chi connectivity index (χ0n) is 21.0. The molecule has 0 saturated heterocycles. The molecule has 5 rings (SSSR count). The Kier molecular flexibility index (Phi) is 6.55. The lowest BCUT2D eigenvalue weighted by Gasteiger charge is -2.12. The van der Waals surface area contributed by atoms with E-state index in [1.165, 1.54) is 29.1 Å². The van der Waals surface area contributed by atoms with Crippen molar-refractivity contribution in [2.45, 2.75) is 6.92 Å². The van der Waals surface area contributed by atoms with Crippen molar-refractivity contribution in [1.29, 1.82) is 0 Å². The fourth-order valence-electron chi connectivity index (χ4n) is 4.22. The van der Waals surface area contributed by atoms with E-state index in [1.54, 1.807) is 61.1 Å². The molecule has 0 unspecified atom stereocenters. The van der Waals surface area contributed by atoms with Gasteiger partial charge in [-0.05, 0) is 61.5 Å². The number of benzene rings is 3. The number of nitrogens with two attached hydrogens (primary N) is 1. The molecule has 2 aromatic heterocycles. The van der Waals surface area contributed by atoms with E-state index < -0.39 is 17.3 Å². The average molecular weight is 526 g/mol. The summed E-state index contributed by atoms with van der Waals surface area (Å²) in [5.74, 6) is -1.26. The van der Waals surface area contributed by atoms with Gasteiger partial charge in [0.25, 0.3) is 11.5 Å². The van der Waals surface area contributed by atoms with Crippen molar-refractivity contribution in [3.05, 3.63) is 106 Å². The third kappa shape index (κ3) is 4.92. The molecule has 0 spiro atoms. The maximum absolute atomic E-state index is 15.0. The molecule has 0 saturated carbocycles. The van der Waals surface area contributed by atoms with Crippen LogP contribution in [0.3, 0.4) is 0 Å². The van der Waals surface area contributed by atoms with E-state index in [4.69, 9.17) is 5.73 Å². The minimum Gasteiger partial charge on any atom is -0.507 e. The lowest BCUT2D eigenvalue weighted by molar-refractivity contribution is 0.102. The molecule has 39 heavy (non-hydrogen) atoms. The minimum absolute atomic E-state index is 0.0280. The standard InChI is InChI=1S/C28H24FN7O3/c1-16-25(27(39)36(35(16)2)19-6-4-3-5-7-19)26(38)33-18-8-10-23(21(29)15-18)32-17-9-11-24(37)20(14-17)22-12-13-31-28(30)34-22/h3-15,32,37H,1-2H3,(H,33,38)(H2,30,31,34). The van der Waals surface area contributed by atoms with Crippen LogP contribution in [0.15, 0.2) is 83.8 Å². The summed E-state index contributed by atoms with van der Waals surface area (Å²) in [5.41, 5.74) is 7.81. The minimum atomic E-state index is -0.643. The van der Waals surface area contributed by atoms with Gasteiger partial charge < -0.3 is 21.5 Å². The number of nitrogens with zero attached hydrogens (tertiary/aromatic N) is 4. The molecule has 0 atom stereocenters. The molecule has 0 aliphatic heterocycles. The second kappa shape index (κ2) is 10.1. The number of para-hydroxylation sites is 1. The zero-order chi connectivity index (χ0) is 27.7. The highest BCUT2D eigenvalue weighted by Crippen LogP contribution is 2.32. The highest BCUT2D eigenvalue weighted by atomic mass is 19.1. The Morgan fingerprint density at radius 2 is 1.77 bits per heavy atom. The molecule has 0 fully saturated rings. The van der Waals surface area contributed by atoms with Crippen LogP contribution in [0.5, 0.6) is 5.75 Å². The zero-order valence-corrected chi connectivity index (χ0v) is 21.0. The SMILES string of the molecule is Cc1c(C(=O)Nc2ccc(Nc3ccc(O)c(-c4ccnc(N)n4)c3)c(F)c2)c(=O)n(-c2ccccc2)n1C. The number of rotatable bonds is 6. The lowest BCUT2D eigenvalue weighted by Crippen LogP contribution is -2.25. The Bertz CT molecular complexity index is 1760. The predicted molar refractivity (Wildman–Crippen MR) is 147 cm³/mol. The summed E-state index contributed by atoms with van der Waals surface area (Å²) in [4.78, 5) is 34.1. The number of phenolic OH excluding ortho intramolecular Hbond substituents is 1. The van der Waals surface area contributed by atoms with Gasteiger partial charge in [0.15, 0.2) is 0 Å². The van der Waals surface area contributed by atoms with Crippen molar-refractivity contribution < 1.29 is 14.3 Å². The summed E-state index contributed by atoms with van der Waals surface area (Å²) in [6.07, 6.45) is 1.47. The summed E-state index contributed by atoms with van der Waals surface area (Å²) in [6.45, 7) is 1.67. The molecule has 3 aromatic carbocycles. The van der Waals surface area contributed by atoms with Crippen LogP contribution in [0, 0.1) is 12.7 Å². The second-order valence-electron chi connectivity index (χ2n) is 8.74. The molecule has 196 valence electrons. The van der Waals surface area contributed by atoms with Gasteiger partial charge in [-0.25, -0.2) is 19.0 Å². The van der Waals surface area contributed by atoms with Crippen molar-refractivity contribution in [3.8, 4) is 22.7 Å². The molecule has 0 bridgehead atoms. The molecule has 0 aliphatic carbocycles. The summed E-state index contributed by atoms with van der Waals surface area (Å²) in [6, 6.07) is 19.3. The first-order chi connectivity index (χ1) is 18.7. The quantitative estimate of drug-likeness (QED) is 0.241. The number of anilines is 4. The number of carbonyl (C=O) groups is 1. The monoisotopic (exact) mass is 525 g/mol. The fraction of sp³-hybridized carbons (Fsp3) is 0.0714. The number of amides is 1. The maximum Gasteiger partial charge on any atom is 0.284 e. The van der Waals surface area contributed by atoms with Gasteiger partial charge >= 0.3 is 0 Å². The first-order valence-corrected chi connectivity index (χ1v) is 11.9. The summed E-state index contributed by atoms with van der Waals surface area (Å²) in [5, 5.41) is 15.8. The van der Waals surface area contributed by atoms with Gasteiger partial charge in [-0.15, -0.1) is 0 Å².